The van der Waals surface area contributed by atoms with Gasteiger partial charge < -0.3 is 5.32 Å². The molecule has 156 valence electrons. The van der Waals surface area contributed by atoms with Gasteiger partial charge in [0.2, 0.25) is 11.8 Å². The number of hydrogen-bond donors (Lipinski definition) is 1. The normalized spacial score (nSPS) is 20.9. The number of hydrogen-bond acceptors (Lipinski definition) is 4. The topological polar surface area (TPSA) is 61.8 Å². The van der Waals surface area contributed by atoms with Gasteiger partial charge in [-0.2, -0.15) is 0 Å². The van der Waals surface area contributed by atoms with Gasteiger partial charge in [0.15, 0.2) is 5.17 Å². The Kier molecular flexibility index (Phi) is 6.23. The summed E-state index contributed by atoms with van der Waals surface area (Å²) in [6.07, 6.45) is 4.42. The van der Waals surface area contributed by atoms with Crippen molar-refractivity contribution in [1.29, 1.82) is 0 Å². The molecule has 0 spiro atoms. The molecule has 1 heterocycles. The highest BCUT2D eigenvalue weighted by Gasteiger charge is 2.43. The van der Waals surface area contributed by atoms with Gasteiger partial charge in [-0.15, -0.1) is 0 Å². The fourth-order valence-electron chi connectivity index (χ4n) is 4.07. The first-order chi connectivity index (χ1) is 14.5. The first-order valence-electron chi connectivity index (χ1n) is 10.5. The van der Waals surface area contributed by atoms with Crippen LogP contribution in [0, 0.1) is 13.8 Å². The van der Waals surface area contributed by atoms with Gasteiger partial charge in [-0.3, -0.25) is 14.5 Å². The highest BCUT2D eigenvalue weighted by molar-refractivity contribution is 8.15. The van der Waals surface area contributed by atoms with E-state index in [1.165, 1.54) is 11.8 Å². The Hall–Kier alpha value is -2.60. The minimum absolute atomic E-state index is 0.0131. The van der Waals surface area contributed by atoms with E-state index in [2.05, 4.69) is 5.32 Å². The summed E-state index contributed by atoms with van der Waals surface area (Å²) in [6, 6.07) is 15.8. The number of para-hydroxylation sites is 2. The molecular weight excluding hydrogens is 394 g/mol. The average Bonchev–Trinajstić information content (AvgIpc) is 3.34. The van der Waals surface area contributed by atoms with Gasteiger partial charge in [0, 0.05) is 18.2 Å². The number of nitrogens with one attached hydrogen (secondary N) is 1. The van der Waals surface area contributed by atoms with Crippen LogP contribution in [0.15, 0.2) is 53.5 Å². The van der Waals surface area contributed by atoms with Crippen LogP contribution in [0.3, 0.4) is 0 Å². The first-order valence-corrected chi connectivity index (χ1v) is 11.4. The van der Waals surface area contributed by atoms with E-state index in [1.807, 2.05) is 67.3 Å². The highest BCUT2D eigenvalue weighted by atomic mass is 32.2. The molecule has 1 saturated heterocycles. The maximum Gasteiger partial charge on any atom is 0.242 e. The van der Waals surface area contributed by atoms with Crippen molar-refractivity contribution >= 4 is 40.1 Å². The Morgan fingerprint density at radius 3 is 2.43 bits per heavy atom. The van der Waals surface area contributed by atoms with E-state index in [-0.39, 0.29) is 24.3 Å². The van der Waals surface area contributed by atoms with Crippen molar-refractivity contribution in [3.63, 3.8) is 0 Å². The third kappa shape index (κ3) is 4.43. The summed E-state index contributed by atoms with van der Waals surface area (Å²) in [7, 11) is 0. The smallest absolute Gasteiger partial charge is 0.242 e. The summed E-state index contributed by atoms with van der Waals surface area (Å²) in [5.74, 6) is -0.127. The Bertz CT molecular complexity index is 982. The fraction of sp³-hybridized carbons (Fsp3) is 0.375. The molecular formula is C24H27N3O2S. The molecule has 2 amide bonds. The van der Waals surface area contributed by atoms with Crippen LogP contribution in [0.1, 0.15) is 43.2 Å². The van der Waals surface area contributed by atoms with Gasteiger partial charge in [0.05, 0.1) is 5.69 Å². The van der Waals surface area contributed by atoms with Gasteiger partial charge in [-0.25, -0.2) is 4.99 Å². The molecule has 2 aromatic carbocycles. The molecule has 0 aromatic heterocycles. The molecule has 0 radical (unpaired) electrons. The van der Waals surface area contributed by atoms with E-state index in [9.17, 15) is 9.59 Å². The maximum absolute atomic E-state index is 13.3. The number of amides is 2. The summed E-state index contributed by atoms with van der Waals surface area (Å²) < 4.78 is 0. The average molecular weight is 422 g/mol. The number of thioether (sulfide) groups is 1. The van der Waals surface area contributed by atoms with E-state index in [0.29, 0.717) is 0 Å². The van der Waals surface area contributed by atoms with Crippen LogP contribution in [-0.2, 0) is 9.59 Å². The summed E-state index contributed by atoms with van der Waals surface area (Å²) >= 11 is 1.43. The number of anilines is 1. The van der Waals surface area contributed by atoms with Crippen molar-refractivity contribution in [3.8, 4) is 0 Å². The second kappa shape index (κ2) is 9.04. The van der Waals surface area contributed by atoms with Crippen molar-refractivity contribution in [2.75, 3.05) is 5.32 Å². The molecule has 1 aliphatic heterocycles. The number of rotatable bonds is 5. The molecule has 1 N–H and O–H groups in total. The zero-order chi connectivity index (χ0) is 21.1. The Morgan fingerprint density at radius 2 is 1.73 bits per heavy atom. The first kappa shape index (κ1) is 20.7. The monoisotopic (exact) mass is 421 g/mol. The molecule has 4 rings (SSSR count). The van der Waals surface area contributed by atoms with Crippen molar-refractivity contribution in [1.82, 2.24) is 4.90 Å². The van der Waals surface area contributed by atoms with Crippen molar-refractivity contribution < 1.29 is 9.59 Å². The minimum Gasteiger partial charge on any atom is -0.326 e. The van der Waals surface area contributed by atoms with E-state index >= 15 is 0 Å². The van der Waals surface area contributed by atoms with E-state index in [1.54, 1.807) is 0 Å². The number of carbonyl (C=O) groups is 2. The van der Waals surface area contributed by atoms with E-state index in [4.69, 9.17) is 4.99 Å². The number of amidine groups is 1. The predicted molar refractivity (Wildman–Crippen MR) is 123 cm³/mol. The number of carbonyl (C=O) groups excluding carboxylic acids is 2. The zero-order valence-corrected chi connectivity index (χ0v) is 18.2. The summed E-state index contributed by atoms with van der Waals surface area (Å²) in [4.78, 5) is 32.7. The standard InChI is InChI=1S/C24H27N3O2S/c1-16-9-3-7-13-19(16)25-22(28)15-21-23(29)27(18-11-5-6-12-18)24(30-21)26-20-14-8-4-10-17(20)2/h3-4,7-10,13-14,18,21H,5-6,11-12,15H2,1-2H3,(H,25,28)/t21-/m0/s1. The lowest BCUT2D eigenvalue weighted by molar-refractivity contribution is -0.129. The second-order valence-corrected chi connectivity index (χ2v) is 9.17. The van der Waals surface area contributed by atoms with Gasteiger partial charge in [0.25, 0.3) is 0 Å². The molecule has 5 nitrogen and oxygen atoms in total. The molecule has 0 bridgehead atoms. The summed E-state index contributed by atoms with van der Waals surface area (Å²) in [6.45, 7) is 3.98. The van der Waals surface area contributed by atoms with Gasteiger partial charge in [-0.05, 0) is 49.9 Å². The number of aryl methyl sites for hydroxylation is 2. The van der Waals surface area contributed by atoms with Gasteiger partial charge >= 0.3 is 0 Å². The third-order valence-corrected chi connectivity index (χ3v) is 6.93. The highest BCUT2D eigenvalue weighted by Crippen LogP contribution is 2.37. The SMILES string of the molecule is Cc1ccccc1N=C1S[C@@H](CC(=O)Nc2ccccc2C)C(=O)N1C1CCCC1. The Labute approximate surface area is 182 Å². The Morgan fingerprint density at radius 1 is 1.07 bits per heavy atom. The molecule has 2 fully saturated rings. The van der Waals surface area contributed by atoms with Crippen LogP contribution < -0.4 is 5.32 Å². The van der Waals surface area contributed by atoms with Crippen molar-refractivity contribution in [3.05, 3.63) is 59.7 Å². The van der Waals surface area contributed by atoms with Gasteiger partial charge in [-0.1, -0.05) is 61.0 Å². The maximum atomic E-state index is 13.3. The zero-order valence-electron chi connectivity index (χ0n) is 17.4. The molecule has 0 unspecified atom stereocenters. The van der Waals surface area contributed by atoms with Crippen molar-refractivity contribution in [2.24, 2.45) is 4.99 Å². The van der Waals surface area contributed by atoms with Crippen LogP contribution in [0.25, 0.3) is 0 Å². The van der Waals surface area contributed by atoms with Crippen LogP contribution >= 0.6 is 11.8 Å². The lowest BCUT2D eigenvalue weighted by atomic mass is 10.1. The van der Waals surface area contributed by atoms with Crippen LogP contribution in [0.5, 0.6) is 0 Å². The molecule has 30 heavy (non-hydrogen) atoms. The number of aliphatic imine (C=N–C) groups is 1. The lowest BCUT2D eigenvalue weighted by Crippen LogP contribution is -2.40. The molecule has 1 saturated carbocycles. The largest absolute Gasteiger partial charge is 0.326 e. The summed E-state index contributed by atoms with van der Waals surface area (Å²) in [5, 5.41) is 3.25. The third-order valence-electron chi connectivity index (χ3n) is 5.78. The number of nitrogens with zero attached hydrogens (tertiary/aromatic N) is 2. The van der Waals surface area contributed by atoms with Crippen LogP contribution in [0.2, 0.25) is 0 Å². The summed E-state index contributed by atoms with van der Waals surface area (Å²) in [5.41, 5.74) is 3.75. The minimum atomic E-state index is -0.433. The molecule has 1 atom stereocenters. The van der Waals surface area contributed by atoms with Crippen LogP contribution in [-0.4, -0.2) is 33.2 Å². The Balaban J connectivity index is 1.54. The second-order valence-electron chi connectivity index (χ2n) is 8.00. The molecule has 2 aromatic rings. The molecule has 6 heteroatoms. The van der Waals surface area contributed by atoms with Gasteiger partial charge in [0.1, 0.15) is 5.25 Å². The predicted octanol–water partition coefficient (Wildman–Crippen LogP) is 5.21. The molecule has 2 aliphatic rings. The van der Waals surface area contributed by atoms with Crippen molar-refractivity contribution in [2.45, 2.75) is 57.2 Å². The van der Waals surface area contributed by atoms with E-state index < -0.39 is 5.25 Å². The van der Waals surface area contributed by atoms with E-state index in [0.717, 1.165) is 53.4 Å². The van der Waals surface area contributed by atoms with Crippen LogP contribution in [0.4, 0.5) is 11.4 Å². The fourth-order valence-corrected chi connectivity index (χ4v) is 5.27. The quantitative estimate of drug-likeness (QED) is 0.721. The number of benzene rings is 2. The lowest BCUT2D eigenvalue weighted by Gasteiger charge is -2.23. The molecule has 1 aliphatic carbocycles.